The molecule has 1 aliphatic rings. The molecule has 1 fully saturated rings. The quantitative estimate of drug-likeness (QED) is 0.664. The van der Waals surface area contributed by atoms with Crippen molar-refractivity contribution in [2.24, 2.45) is 5.73 Å². The molecule has 70 valence electrons. The van der Waals surface area contributed by atoms with Crippen LogP contribution in [0.5, 0.6) is 0 Å². The summed E-state index contributed by atoms with van der Waals surface area (Å²) >= 11 is 0. The molecule has 0 aromatic heterocycles. The van der Waals surface area contributed by atoms with Gasteiger partial charge in [-0.3, -0.25) is 4.79 Å². The number of carbonyl (C=O) groups excluding carboxylic acids is 1. The number of carbonyl (C=O) groups is 1. The zero-order chi connectivity index (χ0) is 9.14. The Bertz CT molecular complexity index is 170. The summed E-state index contributed by atoms with van der Waals surface area (Å²) in [6, 6.07) is 0.108. The summed E-state index contributed by atoms with van der Waals surface area (Å²) < 4.78 is 0. The summed E-state index contributed by atoms with van der Waals surface area (Å²) in [5, 5.41) is 0. The molecule has 1 aliphatic heterocycles. The van der Waals surface area contributed by atoms with Gasteiger partial charge in [0.05, 0.1) is 6.04 Å². The summed E-state index contributed by atoms with van der Waals surface area (Å²) in [6.07, 6.45) is 2.92. The molecule has 1 amide bonds. The first-order valence-corrected chi connectivity index (χ1v) is 4.73. The van der Waals surface area contributed by atoms with E-state index in [1.165, 1.54) is 0 Å². The highest BCUT2D eigenvalue weighted by molar-refractivity contribution is 5.82. The van der Waals surface area contributed by atoms with Crippen LogP contribution in [-0.2, 0) is 4.79 Å². The molecular weight excluding hydrogens is 152 g/mol. The van der Waals surface area contributed by atoms with E-state index < -0.39 is 0 Å². The van der Waals surface area contributed by atoms with Gasteiger partial charge < -0.3 is 10.6 Å². The van der Waals surface area contributed by atoms with Crippen LogP contribution in [-0.4, -0.2) is 29.4 Å². The molecule has 3 heteroatoms. The predicted octanol–water partition coefficient (Wildman–Crippen LogP) is 0.735. The highest BCUT2D eigenvalue weighted by Crippen LogP contribution is 2.14. The van der Waals surface area contributed by atoms with E-state index >= 15 is 0 Å². The van der Waals surface area contributed by atoms with E-state index in [-0.39, 0.29) is 11.9 Å². The number of nitrogens with zero attached hydrogens (tertiary/aromatic N) is 1. The van der Waals surface area contributed by atoms with E-state index in [4.69, 9.17) is 5.73 Å². The summed E-state index contributed by atoms with van der Waals surface area (Å²) in [7, 11) is 0. The minimum Gasteiger partial charge on any atom is -0.339 e. The lowest BCUT2D eigenvalue weighted by Crippen LogP contribution is -2.51. The first kappa shape index (κ1) is 9.52. The van der Waals surface area contributed by atoms with E-state index in [1.54, 1.807) is 0 Å². The third-order valence-electron chi connectivity index (χ3n) is 2.64. The number of rotatable bonds is 2. The average molecular weight is 170 g/mol. The minimum absolute atomic E-state index is 0.135. The molecule has 3 nitrogen and oxygen atoms in total. The first-order valence-electron chi connectivity index (χ1n) is 4.73. The molecule has 0 aromatic carbocycles. The van der Waals surface area contributed by atoms with Gasteiger partial charge in [-0.05, 0) is 26.2 Å². The molecule has 1 saturated heterocycles. The van der Waals surface area contributed by atoms with Crippen LogP contribution in [0.3, 0.4) is 0 Å². The van der Waals surface area contributed by atoms with Gasteiger partial charge in [-0.15, -0.1) is 0 Å². The minimum atomic E-state index is -0.243. The average Bonchev–Trinajstić information content (AvgIpc) is 2.08. The van der Waals surface area contributed by atoms with Gasteiger partial charge in [0.1, 0.15) is 0 Å². The molecule has 12 heavy (non-hydrogen) atoms. The van der Waals surface area contributed by atoms with Gasteiger partial charge in [-0.1, -0.05) is 6.92 Å². The molecule has 1 rings (SSSR count). The number of likely N-dealkylation sites (tertiary alicyclic amines) is 1. The van der Waals surface area contributed by atoms with E-state index in [9.17, 15) is 4.79 Å². The first-order chi connectivity index (χ1) is 5.66. The van der Waals surface area contributed by atoms with Gasteiger partial charge in [0, 0.05) is 12.6 Å². The van der Waals surface area contributed by atoms with Gasteiger partial charge in [-0.25, -0.2) is 0 Å². The van der Waals surface area contributed by atoms with Crippen LogP contribution in [0.4, 0.5) is 0 Å². The molecule has 0 aliphatic carbocycles. The van der Waals surface area contributed by atoms with Crippen molar-refractivity contribution in [3.63, 3.8) is 0 Å². The Balaban J connectivity index is 2.57. The van der Waals surface area contributed by atoms with Crippen LogP contribution >= 0.6 is 0 Å². The zero-order valence-electron chi connectivity index (χ0n) is 7.92. The number of amides is 1. The molecular formula is C9H18N2O. The van der Waals surface area contributed by atoms with Crippen molar-refractivity contribution in [2.45, 2.75) is 45.2 Å². The Morgan fingerprint density at radius 2 is 2.42 bits per heavy atom. The molecule has 0 saturated carbocycles. The van der Waals surface area contributed by atoms with Crippen LogP contribution in [0.15, 0.2) is 0 Å². The van der Waals surface area contributed by atoms with Crippen molar-refractivity contribution in [3.8, 4) is 0 Å². The normalized spacial score (nSPS) is 27.4. The molecule has 1 heterocycles. The van der Waals surface area contributed by atoms with E-state index in [0.717, 1.165) is 25.8 Å². The predicted molar refractivity (Wildman–Crippen MR) is 48.7 cm³/mol. The third-order valence-corrected chi connectivity index (χ3v) is 2.64. The molecule has 0 spiro atoms. The van der Waals surface area contributed by atoms with Gasteiger partial charge >= 0.3 is 0 Å². The Morgan fingerprint density at radius 1 is 1.75 bits per heavy atom. The topological polar surface area (TPSA) is 46.3 Å². The number of piperidine rings is 1. The number of nitrogens with two attached hydrogens (primary N) is 1. The highest BCUT2D eigenvalue weighted by Gasteiger charge is 2.27. The van der Waals surface area contributed by atoms with Crippen molar-refractivity contribution in [1.82, 2.24) is 4.90 Å². The smallest absolute Gasteiger partial charge is 0.239 e. The Hall–Kier alpha value is -0.570. The maximum absolute atomic E-state index is 11.5. The standard InChI is InChI=1S/C9H18N2O/c1-3-7(2)11-6-4-5-8(10)9(11)12/h7-8H,3-6,10H2,1-2H3. The second-order valence-electron chi connectivity index (χ2n) is 3.54. The fraction of sp³-hybridized carbons (Fsp3) is 0.889. The Morgan fingerprint density at radius 3 is 3.00 bits per heavy atom. The van der Waals surface area contributed by atoms with Crippen LogP contribution in [0.2, 0.25) is 0 Å². The second kappa shape index (κ2) is 3.90. The summed E-state index contributed by atoms with van der Waals surface area (Å²) in [5.41, 5.74) is 5.67. The van der Waals surface area contributed by atoms with Gasteiger partial charge in [0.2, 0.25) is 5.91 Å². The van der Waals surface area contributed by atoms with E-state index in [1.807, 2.05) is 4.90 Å². The van der Waals surface area contributed by atoms with Crippen LogP contribution in [0.1, 0.15) is 33.1 Å². The zero-order valence-corrected chi connectivity index (χ0v) is 7.92. The van der Waals surface area contributed by atoms with E-state index in [2.05, 4.69) is 13.8 Å². The summed E-state index contributed by atoms with van der Waals surface area (Å²) in [6.45, 7) is 5.07. The van der Waals surface area contributed by atoms with Crippen LogP contribution < -0.4 is 5.73 Å². The SMILES string of the molecule is CCC(C)N1CCCC(N)C1=O. The van der Waals surface area contributed by atoms with Crippen molar-refractivity contribution in [2.75, 3.05) is 6.54 Å². The summed E-state index contributed by atoms with van der Waals surface area (Å²) in [4.78, 5) is 13.4. The Kier molecular flexibility index (Phi) is 3.09. The molecule has 0 bridgehead atoms. The highest BCUT2D eigenvalue weighted by atomic mass is 16.2. The number of hydrogen-bond donors (Lipinski definition) is 1. The largest absolute Gasteiger partial charge is 0.339 e. The van der Waals surface area contributed by atoms with Crippen molar-refractivity contribution >= 4 is 5.91 Å². The van der Waals surface area contributed by atoms with Gasteiger partial charge in [-0.2, -0.15) is 0 Å². The van der Waals surface area contributed by atoms with Crippen molar-refractivity contribution < 1.29 is 4.79 Å². The monoisotopic (exact) mass is 170 g/mol. The lowest BCUT2D eigenvalue weighted by molar-refractivity contribution is -0.137. The third kappa shape index (κ3) is 1.78. The second-order valence-corrected chi connectivity index (χ2v) is 3.54. The fourth-order valence-corrected chi connectivity index (χ4v) is 1.59. The fourth-order valence-electron chi connectivity index (χ4n) is 1.59. The van der Waals surface area contributed by atoms with Gasteiger partial charge in [0.25, 0.3) is 0 Å². The Labute approximate surface area is 73.9 Å². The van der Waals surface area contributed by atoms with Crippen LogP contribution in [0.25, 0.3) is 0 Å². The molecule has 2 atom stereocenters. The van der Waals surface area contributed by atoms with Crippen molar-refractivity contribution in [3.05, 3.63) is 0 Å². The molecule has 2 unspecified atom stereocenters. The van der Waals surface area contributed by atoms with Crippen LogP contribution in [0, 0.1) is 0 Å². The summed E-state index contributed by atoms with van der Waals surface area (Å²) in [5.74, 6) is 0.135. The maximum atomic E-state index is 11.5. The lowest BCUT2D eigenvalue weighted by Gasteiger charge is -2.34. The van der Waals surface area contributed by atoms with E-state index in [0.29, 0.717) is 6.04 Å². The van der Waals surface area contributed by atoms with Crippen molar-refractivity contribution in [1.29, 1.82) is 0 Å². The number of hydrogen-bond acceptors (Lipinski definition) is 2. The maximum Gasteiger partial charge on any atom is 0.239 e. The lowest BCUT2D eigenvalue weighted by atomic mass is 10.0. The molecule has 0 aromatic rings. The molecule has 2 N–H and O–H groups in total. The van der Waals surface area contributed by atoms with Gasteiger partial charge in [0.15, 0.2) is 0 Å². The molecule has 0 radical (unpaired) electrons.